The number of aryl methyl sites for hydroxylation is 1. The maximum atomic E-state index is 12.3. The molecule has 136 valence electrons. The molecule has 2 aromatic carbocycles. The Kier molecular flexibility index (Phi) is 5.61. The van der Waals surface area contributed by atoms with Gasteiger partial charge in [-0.25, -0.2) is 4.98 Å². The molecular formula is C22H21N3O2. The van der Waals surface area contributed by atoms with Crippen LogP contribution in [0.4, 0.5) is 11.4 Å². The first-order chi connectivity index (χ1) is 13.0. The number of nitrogens with zero attached hydrogens (tertiary/aromatic N) is 1. The first-order valence-electron chi connectivity index (χ1n) is 8.70. The summed E-state index contributed by atoms with van der Waals surface area (Å²) < 4.78 is 0. The van der Waals surface area contributed by atoms with Gasteiger partial charge in [0.05, 0.1) is 11.9 Å². The van der Waals surface area contributed by atoms with Crippen LogP contribution >= 0.6 is 0 Å². The number of ketones is 1. The fourth-order valence-corrected chi connectivity index (χ4v) is 2.66. The van der Waals surface area contributed by atoms with Crippen molar-refractivity contribution in [1.82, 2.24) is 10.3 Å². The molecule has 0 fully saturated rings. The first-order valence-corrected chi connectivity index (χ1v) is 8.70. The molecule has 0 aliphatic rings. The zero-order chi connectivity index (χ0) is 19.2. The van der Waals surface area contributed by atoms with E-state index in [9.17, 15) is 9.59 Å². The van der Waals surface area contributed by atoms with Crippen LogP contribution in [0.5, 0.6) is 0 Å². The average Bonchev–Trinajstić information content (AvgIpc) is 2.68. The lowest BCUT2D eigenvalue weighted by Gasteiger charge is -2.09. The van der Waals surface area contributed by atoms with Gasteiger partial charge in [0.1, 0.15) is 5.69 Å². The Balaban J connectivity index is 1.63. The van der Waals surface area contributed by atoms with Gasteiger partial charge in [0.15, 0.2) is 5.78 Å². The molecule has 0 saturated carbocycles. The molecule has 0 unspecified atom stereocenters. The van der Waals surface area contributed by atoms with Crippen molar-refractivity contribution in [3.63, 3.8) is 0 Å². The number of pyridine rings is 1. The highest BCUT2D eigenvalue weighted by molar-refractivity contribution is 5.95. The molecule has 0 aliphatic carbocycles. The Hall–Kier alpha value is -3.47. The van der Waals surface area contributed by atoms with E-state index in [1.54, 1.807) is 30.5 Å². The van der Waals surface area contributed by atoms with Crippen molar-refractivity contribution in [2.45, 2.75) is 20.4 Å². The van der Waals surface area contributed by atoms with Gasteiger partial charge < -0.3 is 10.6 Å². The highest BCUT2D eigenvalue weighted by atomic mass is 16.1. The molecule has 1 heterocycles. The van der Waals surface area contributed by atoms with E-state index in [0.29, 0.717) is 17.8 Å². The van der Waals surface area contributed by atoms with Gasteiger partial charge >= 0.3 is 0 Å². The number of amides is 1. The minimum atomic E-state index is -0.219. The van der Waals surface area contributed by atoms with Crippen LogP contribution in [-0.2, 0) is 6.54 Å². The van der Waals surface area contributed by atoms with Crippen LogP contribution in [0.3, 0.4) is 0 Å². The highest BCUT2D eigenvalue weighted by Crippen LogP contribution is 2.17. The van der Waals surface area contributed by atoms with E-state index in [1.165, 1.54) is 6.92 Å². The van der Waals surface area contributed by atoms with E-state index in [4.69, 9.17) is 0 Å². The lowest BCUT2D eigenvalue weighted by molar-refractivity contribution is 0.0945. The number of Topliss-reactive ketones (excluding diaryl/α,β-unsaturated/α-hetero) is 1. The van der Waals surface area contributed by atoms with Gasteiger partial charge in [0, 0.05) is 17.8 Å². The lowest BCUT2D eigenvalue weighted by atomic mass is 10.1. The molecule has 0 bridgehead atoms. The van der Waals surface area contributed by atoms with Gasteiger partial charge in [-0.2, -0.15) is 0 Å². The van der Waals surface area contributed by atoms with Crippen LogP contribution in [-0.4, -0.2) is 16.7 Å². The van der Waals surface area contributed by atoms with Gasteiger partial charge in [-0.05, 0) is 49.2 Å². The monoisotopic (exact) mass is 359 g/mol. The quantitative estimate of drug-likeness (QED) is 0.645. The normalized spacial score (nSPS) is 10.3. The minimum absolute atomic E-state index is 0.0115. The Morgan fingerprint density at radius 1 is 0.963 bits per heavy atom. The standard InChI is InChI=1S/C22H21N3O2/c1-15-6-3-4-7-18(15)13-24-22(27)21-11-10-20(14-23-21)25-19-9-5-8-17(12-19)16(2)26/h3-12,14,25H,13H2,1-2H3,(H,24,27). The summed E-state index contributed by atoms with van der Waals surface area (Å²) in [5, 5.41) is 6.07. The lowest BCUT2D eigenvalue weighted by Crippen LogP contribution is -2.24. The summed E-state index contributed by atoms with van der Waals surface area (Å²) in [7, 11) is 0. The third-order valence-corrected chi connectivity index (χ3v) is 4.25. The molecule has 5 nitrogen and oxygen atoms in total. The van der Waals surface area contributed by atoms with Crippen LogP contribution in [0.15, 0.2) is 66.9 Å². The number of benzene rings is 2. The third kappa shape index (κ3) is 4.79. The predicted molar refractivity (Wildman–Crippen MR) is 106 cm³/mol. The Morgan fingerprint density at radius 2 is 1.78 bits per heavy atom. The molecule has 0 aliphatic heterocycles. The largest absolute Gasteiger partial charge is 0.354 e. The molecule has 5 heteroatoms. The molecule has 1 amide bonds. The van der Waals surface area contributed by atoms with Crippen molar-refractivity contribution in [3.8, 4) is 0 Å². The molecule has 0 radical (unpaired) electrons. The molecule has 2 N–H and O–H groups in total. The molecule has 3 aromatic rings. The van der Waals surface area contributed by atoms with Gasteiger partial charge in [0.25, 0.3) is 5.91 Å². The Bertz CT molecular complexity index is 965. The SMILES string of the molecule is CC(=O)c1cccc(Nc2ccc(C(=O)NCc3ccccc3C)nc2)c1. The molecule has 0 saturated heterocycles. The highest BCUT2D eigenvalue weighted by Gasteiger charge is 2.08. The summed E-state index contributed by atoms with van der Waals surface area (Å²) in [6.45, 7) is 4.01. The van der Waals surface area contributed by atoms with Gasteiger partial charge in [-0.15, -0.1) is 0 Å². The van der Waals surface area contributed by atoms with E-state index >= 15 is 0 Å². The maximum Gasteiger partial charge on any atom is 0.270 e. The summed E-state index contributed by atoms with van der Waals surface area (Å²) in [6.07, 6.45) is 1.60. The third-order valence-electron chi connectivity index (χ3n) is 4.25. The number of rotatable bonds is 6. The number of nitrogens with one attached hydrogen (secondary N) is 2. The van der Waals surface area contributed by atoms with E-state index in [0.717, 1.165) is 22.5 Å². The minimum Gasteiger partial charge on any atom is -0.354 e. The maximum absolute atomic E-state index is 12.3. The summed E-state index contributed by atoms with van der Waals surface area (Å²) in [5.74, 6) is -0.208. The smallest absolute Gasteiger partial charge is 0.270 e. The van der Waals surface area contributed by atoms with Gasteiger partial charge in [-0.1, -0.05) is 36.4 Å². The molecule has 3 rings (SSSR count). The molecule has 27 heavy (non-hydrogen) atoms. The molecule has 0 atom stereocenters. The summed E-state index contributed by atoms with van der Waals surface area (Å²) >= 11 is 0. The van der Waals surface area contributed by atoms with Crippen LogP contribution in [0.25, 0.3) is 0 Å². The molecule has 1 aromatic heterocycles. The fourth-order valence-electron chi connectivity index (χ4n) is 2.66. The molecular weight excluding hydrogens is 338 g/mol. The number of hydrogen-bond acceptors (Lipinski definition) is 4. The summed E-state index contributed by atoms with van der Waals surface area (Å²) in [4.78, 5) is 28.0. The number of hydrogen-bond donors (Lipinski definition) is 2. The van der Waals surface area contributed by atoms with Crippen molar-refractivity contribution in [1.29, 1.82) is 0 Å². The first kappa shape index (κ1) is 18.3. The fraction of sp³-hybridized carbons (Fsp3) is 0.136. The average molecular weight is 359 g/mol. The zero-order valence-corrected chi connectivity index (χ0v) is 15.3. The van der Waals surface area contributed by atoms with Crippen molar-refractivity contribution < 1.29 is 9.59 Å². The zero-order valence-electron chi connectivity index (χ0n) is 15.3. The van der Waals surface area contributed by atoms with Crippen LogP contribution in [0, 0.1) is 6.92 Å². The van der Waals surface area contributed by atoms with E-state index in [2.05, 4.69) is 15.6 Å². The van der Waals surface area contributed by atoms with Crippen LogP contribution in [0.1, 0.15) is 38.9 Å². The Labute approximate surface area is 158 Å². The van der Waals surface area contributed by atoms with Gasteiger partial charge in [0.2, 0.25) is 0 Å². The second-order valence-electron chi connectivity index (χ2n) is 6.30. The number of carbonyl (C=O) groups is 2. The second kappa shape index (κ2) is 8.27. The van der Waals surface area contributed by atoms with Crippen molar-refractivity contribution in [2.24, 2.45) is 0 Å². The second-order valence-corrected chi connectivity index (χ2v) is 6.30. The van der Waals surface area contributed by atoms with Crippen molar-refractivity contribution in [3.05, 3.63) is 89.2 Å². The van der Waals surface area contributed by atoms with E-state index in [1.807, 2.05) is 43.3 Å². The number of anilines is 2. The topological polar surface area (TPSA) is 71.1 Å². The van der Waals surface area contributed by atoms with E-state index in [-0.39, 0.29) is 11.7 Å². The Morgan fingerprint density at radius 3 is 2.48 bits per heavy atom. The number of aromatic nitrogens is 1. The van der Waals surface area contributed by atoms with Crippen LogP contribution in [0.2, 0.25) is 0 Å². The summed E-state index contributed by atoms with van der Waals surface area (Å²) in [5.41, 5.74) is 4.74. The van der Waals surface area contributed by atoms with Crippen molar-refractivity contribution >= 4 is 23.1 Å². The predicted octanol–water partition coefficient (Wildman–Crippen LogP) is 4.27. The molecule has 0 spiro atoms. The summed E-state index contributed by atoms with van der Waals surface area (Å²) in [6, 6.07) is 18.6. The van der Waals surface area contributed by atoms with Crippen LogP contribution < -0.4 is 10.6 Å². The van der Waals surface area contributed by atoms with Crippen molar-refractivity contribution in [2.75, 3.05) is 5.32 Å². The van der Waals surface area contributed by atoms with Gasteiger partial charge in [-0.3, -0.25) is 9.59 Å². The number of carbonyl (C=O) groups excluding carboxylic acids is 2. The van der Waals surface area contributed by atoms with E-state index < -0.39 is 0 Å².